The fraction of sp³-hybridized carbons (Fsp3) is 0.636. The number of carbonyl (C=O) groups excluding carboxylic acids is 2. The largest absolute Gasteiger partial charge is 0.454 e. The summed E-state index contributed by atoms with van der Waals surface area (Å²) in [7, 11) is -3.37. The van der Waals surface area contributed by atoms with Gasteiger partial charge < -0.3 is 14.4 Å². The normalized spacial score (nSPS) is 29.3. The third kappa shape index (κ3) is 4.63. The molecule has 1 unspecified atom stereocenters. The number of sulfone groups is 1. The van der Waals surface area contributed by atoms with Crippen molar-refractivity contribution in [1.29, 1.82) is 0 Å². The van der Waals surface area contributed by atoms with E-state index in [1.807, 2.05) is 13.8 Å². The summed E-state index contributed by atoms with van der Waals surface area (Å²) in [4.78, 5) is 26.9. The molecule has 8 heteroatoms. The second kappa shape index (κ2) is 8.57. The van der Waals surface area contributed by atoms with Gasteiger partial charge in [0, 0.05) is 31.7 Å². The summed E-state index contributed by atoms with van der Waals surface area (Å²) in [6, 6.07) is 0. The molecule has 0 aromatic heterocycles. The molecule has 0 spiro atoms. The van der Waals surface area contributed by atoms with E-state index in [-0.39, 0.29) is 18.1 Å². The Morgan fingerprint density at radius 2 is 2.03 bits per heavy atom. The quantitative estimate of drug-likeness (QED) is 0.343. The predicted molar refractivity (Wildman–Crippen MR) is 113 cm³/mol. The molecule has 0 saturated carbocycles. The van der Waals surface area contributed by atoms with Gasteiger partial charge in [-0.15, -0.1) is 0 Å². The second-order valence-electron chi connectivity index (χ2n) is 8.78. The average Bonchev–Trinajstić information content (AvgIpc) is 3.34. The Hall–Kier alpha value is -2.09. The Labute approximate surface area is 178 Å². The van der Waals surface area contributed by atoms with E-state index in [9.17, 15) is 18.0 Å². The van der Waals surface area contributed by atoms with Gasteiger partial charge in [-0.25, -0.2) is 18.0 Å². The van der Waals surface area contributed by atoms with Crippen LogP contribution in [0.4, 0.5) is 0 Å². The minimum absolute atomic E-state index is 0.0251. The third-order valence-electron chi connectivity index (χ3n) is 6.02. The van der Waals surface area contributed by atoms with Gasteiger partial charge in [0.05, 0.1) is 16.7 Å². The van der Waals surface area contributed by atoms with Crippen LogP contribution in [0.5, 0.6) is 0 Å². The van der Waals surface area contributed by atoms with E-state index in [2.05, 4.69) is 4.90 Å². The molecule has 3 rings (SSSR count). The molecule has 0 radical (unpaired) electrons. The Morgan fingerprint density at radius 1 is 1.37 bits per heavy atom. The first-order valence-electron chi connectivity index (χ1n) is 10.5. The number of rotatable bonds is 7. The van der Waals surface area contributed by atoms with E-state index in [4.69, 9.17) is 9.47 Å². The number of allylic oxidation sites excluding steroid dienone is 1. The lowest BCUT2D eigenvalue weighted by Crippen LogP contribution is -2.50. The molecule has 3 atom stereocenters. The van der Waals surface area contributed by atoms with Crippen molar-refractivity contribution in [3.8, 4) is 0 Å². The first-order chi connectivity index (χ1) is 14.0. The molecule has 0 bridgehead atoms. The summed E-state index contributed by atoms with van der Waals surface area (Å²) in [6.07, 6.45) is 7.33. The van der Waals surface area contributed by atoms with Crippen molar-refractivity contribution < 1.29 is 27.5 Å². The summed E-state index contributed by atoms with van der Waals surface area (Å²) < 4.78 is 36.6. The van der Waals surface area contributed by atoms with Crippen LogP contribution in [-0.2, 0) is 28.9 Å². The Morgan fingerprint density at radius 3 is 2.60 bits per heavy atom. The molecule has 0 N–H and O–H groups in total. The monoisotopic (exact) mass is 437 g/mol. The van der Waals surface area contributed by atoms with Gasteiger partial charge in [0.2, 0.25) is 0 Å². The molecule has 30 heavy (non-hydrogen) atoms. The number of likely N-dealkylation sites (tertiary alicyclic amines) is 1. The van der Waals surface area contributed by atoms with Gasteiger partial charge in [-0.1, -0.05) is 31.6 Å². The van der Waals surface area contributed by atoms with Gasteiger partial charge in [-0.3, -0.25) is 0 Å². The number of hydrogen-bond acceptors (Lipinski definition) is 7. The number of esters is 2. The highest BCUT2D eigenvalue weighted by Gasteiger charge is 2.52. The van der Waals surface area contributed by atoms with Gasteiger partial charge in [0.15, 0.2) is 15.4 Å². The van der Waals surface area contributed by atoms with Crippen molar-refractivity contribution in [1.82, 2.24) is 4.90 Å². The van der Waals surface area contributed by atoms with E-state index in [0.717, 1.165) is 31.5 Å². The van der Waals surface area contributed by atoms with Crippen molar-refractivity contribution in [3.05, 3.63) is 35.6 Å². The molecule has 3 aliphatic rings. The molecule has 3 heterocycles. The lowest BCUT2D eigenvalue weighted by atomic mass is 9.90. The second-order valence-corrected chi connectivity index (χ2v) is 11.0. The van der Waals surface area contributed by atoms with E-state index in [0.29, 0.717) is 5.70 Å². The van der Waals surface area contributed by atoms with Gasteiger partial charge in [-0.2, -0.15) is 0 Å². The zero-order valence-corrected chi connectivity index (χ0v) is 18.9. The third-order valence-corrected chi connectivity index (χ3v) is 8.08. The Bertz CT molecular complexity index is 895. The summed E-state index contributed by atoms with van der Waals surface area (Å²) in [5.74, 6) is -0.935. The minimum Gasteiger partial charge on any atom is -0.454 e. The van der Waals surface area contributed by atoms with Gasteiger partial charge in [0.1, 0.15) is 6.10 Å². The van der Waals surface area contributed by atoms with Crippen molar-refractivity contribution in [2.24, 2.45) is 5.92 Å². The molecule has 0 aromatic rings. The maximum Gasteiger partial charge on any atom is 0.333 e. The number of carbonyl (C=O) groups is 2. The van der Waals surface area contributed by atoms with Gasteiger partial charge >= 0.3 is 11.9 Å². The van der Waals surface area contributed by atoms with E-state index in [1.165, 1.54) is 12.2 Å². The maximum absolute atomic E-state index is 12.6. The van der Waals surface area contributed by atoms with E-state index >= 15 is 0 Å². The zero-order valence-electron chi connectivity index (χ0n) is 18.1. The molecule has 0 aliphatic carbocycles. The average molecular weight is 438 g/mol. The van der Waals surface area contributed by atoms with Crippen LogP contribution in [0.25, 0.3) is 0 Å². The predicted octanol–water partition coefficient (Wildman–Crippen LogP) is 2.54. The van der Waals surface area contributed by atoms with Crippen LogP contribution < -0.4 is 0 Å². The van der Waals surface area contributed by atoms with Crippen molar-refractivity contribution in [3.63, 3.8) is 0 Å². The summed E-state index contributed by atoms with van der Waals surface area (Å²) >= 11 is 0. The fourth-order valence-corrected chi connectivity index (χ4v) is 6.14. The standard InChI is InChI=1S/C22H31NO6S/c1-15(2)7-8-20(24)28-19(13-17-16(3)9-12-30(17,26)27)22(4)18(14-21(25)29-22)23-10-5-6-11-23/h7-9,14-15,17,19H,5-6,10-13H2,1-4H3/b8-7+/t17?,19-,22-/m1/s1. The summed E-state index contributed by atoms with van der Waals surface area (Å²) in [5, 5.41) is -0.764. The Kier molecular flexibility index (Phi) is 6.45. The highest BCUT2D eigenvalue weighted by molar-refractivity contribution is 7.92. The van der Waals surface area contributed by atoms with Crippen LogP contribution in [0.15, 0.2) is 35.6 Å². The molecule has 3 aliphatic heterocycles. The molecule has 7 nitrogen and oxygen atoms in total. The number of nitrogens with zero attached hydrogens (tertiary/aromatic N) is 1. The van der Waals surface area contributed by atoms with E-state index < -0.39 is 38.7 Å². The van der Waals surface area contributed by atoms with Crippen LogP contribution in [0, 0.1) is 5.92 Å². The van der Waals surface area contributed by atoms with Crippen LogP contribution in [-0.4, -0.2) is 61.1 Å². The fourth-order valence-electron chi connectivity index (χ4n) is 4.28. The van der Waals surface area contributed by atoms with Gasteiger partial charge in [0.25, 0.3) is 0 Å². The Balaban J connectivity index is 1.93. The SMILES string of the molecule is CC1=CCS(=O)(=O)C1C[C@@H](OC(=O)/C=C/C(C)C)[C@]1(C)OC(=O)C=C1N1CCCC1. The van der Waals surface area contributed by atoms with Crippen molar-refractivity contribution in [2.75, 3.05) is 18.8 Å². The van der Waals surface area contributed by atoms with Crippen molar-refractivity contribution >= 4 is 21.8 Å². The van der Waals surface area contributed by atoms with Crippen LogP contribution in [0.3, 0.4) is 0 Å². The van der Waals surface area contributed by atoms with Crippen molar-refractivity contribution in [2.45, 2.75) is 63.9 Å². The van der Waals surface area contributed by atoms with Crippen LogP contribution in [0.2, 0.25) is 0 Å². The lowest BCUT2D eigenvalue weighted by Gasteiger charge is -2.38. The lowest BCUT2D eigenvalue weighted by molar-refractivity contribution is -0.170. The smallest absolute Gasteiger partial charge is 0.333 e. The number of ether oxygens (including phenoxy) is 2. The van der Waals surface area contributed by atoms with Gasteiger partial charge in [-0.05, 0) is 32.6 Å². The molecule has 1 saturated heterocycles. The first-order valence-corrected chi connectivity index (χ1v) is 12.2. The highest BCUT2D eigenvalue weighted by atomic mass is 32.2. The molecule has 1 fully saturated rings. The number of cyclic esters (lactones) is 1. The molecule has 0 amide bonds. The van der Waals surface area contributed by atoms with Crippen LogP contribution in [0.1, 0.15) is 47.0 Å². The van der Waals surface area contributed by atoms with E-state index in [1.54, 1.807) is 26.0 Å². The topological polar surface area (TPSA) is 90.0 Å². The first kappa shape index (κ1) is 22.6. The molecule has 166 valence electrons. The zero-order chi connectivity index (χ0) is 22.1. The molecular formula is C22H31NO6S. The molecular weight excluding hydrogens is 406 g/mol. The summed E-state index contributed by atoms with van der Waals surface area (Å²) in [5.41, 5.74) is 0.155. The molecule has 0 aromatic carbocycles. The maximum atomic E-state index is 12.6. The minimum atomic E-state index is -3.37. The highest BCUT2D eigenvalue weighted by Crippen LogP contribution is 2.40. The van der Waals surface area contributed by atoms with Crippen LogP contribution >= 0.6 is 0 Å². The summed E-state index contributed by atoms with van der Waals surface area (Å²) in [6.45, 7) is 8.93. The number of hydrogen-bond donors (Lipinski definition) is 0.